The molecule has 0 saturated carbocycles. The average molecular weight is 179 g/mol. The average Bonchev–Trinajstić information content (AvgIpc) is 2.30. The lowest BCUT2D eigenvalue weighted by Crippen LogP contribution is -1.82. The molecule has 0 N–H and O–H groups in total. The summed E-state index contributed by atoms with van der Waals surface area (Å²) >= 11 is 0. The van der Waals surface area contributed by atoms with Crippen molar-refractivity contribution < 1.29 is 0 Å². The van der Waals surface area contributed by atoms with Gasteiger partial charge in [0.05, 0.1) is 23.5 Å². The van der Waals surface area contributed by atoms with Gasteiger partial charge in [-0.05, 0) is 24.3 Å². The molecular formula is C12H7N2. The second kappa shape index (κ2) is 3.71. The zero-order valence-electron chi connectivity index (χ0n) is 7.44. The maximum Gasteiger partial charge on any atom is 0.0991 e. The van der Waals surface area contributed by atoms with Gasteiger partial charge in [-0.15, -0.1) is 0 Å². The Hall–Kier alpha value is -2.14. The van der Waals surface area contributed by atoms with E-state index in [2.05, 4.69) is 17.3 Å². The van der Waals surface area contributed by atoms with Gasteiger partial charge in [-0.3, -0.25) is 0 Å². The first-order valence-electron chi connectivity index (χ1n) is 4.24. The Morgan fingerprint density at radius 1 is 1.14 bits per heavy atom. The van der Waals surface area contributed by atoms with Crippen LogP contribution in [0.3, 0.4) is 0 Å². The van der Waals surface area contributed by atoms with Crippen LogP contribution in [0.4, 0.5) is 0 Å². The van der Waals surface area contributed by atoms with E-state index in [1.165, 1.54) is 0 Å². The Kier molecular flexibility index (Phi) is 2.24. The molecular weight excluding hydrogens is 172 g/mol. The first-order valence-corrected chi connectivity index (χ1v) is 4.24. The van der Waals surface area contributed by atoms with E-state index in [-0.39, 0.29) is 0 Å². The lowest BCUT2D eigenvalue weighted by molar-refractivity contribution is 1.31. The number of benzene rings is 1. The molecule has 0 amide bonds. The standard InChI is InChI=1S/C12H7N2/c13-9-10-4-6-11(7-5-10)12-3-1-2-8-14-12/h1-7H. The molecule has 0 saturated heterocycles. The van der Waals surface area contributed by atoms with Crippen LogP contribution in [0.25, 0.3) is 11.3 Å². The number of hydrogen-bond acceptors (Lipinski definition) is 2. The van der Waals surface area contributed by atoms with Crippen molar-refractivity contribution >= 4 is 0 Å². The number of aromatic nitrogens is 1. The van der Waals surface area contributed by atoms with Crippen molar-refractivity contribution in [3.05, 3.63) is 54.2 Å². The van der Waals surface area contributed by atoms with E-state index >= 15 is 0 Å². The molecule has 0 unspecified atom stereocenters. The number of rotatable bonds is 1. The van der Waals surface area contributed by atoms with E-state index in [0.717, 1.165) is 11.3 Å². The minimum atomic E-state index is 0.661. The Bertz CT molecular complexity index is 452. The molecule has 0 spiro atoms. The van der Waals surface area contributed by atoms with Gasteiger partial charge in [-0.2, -0.15) is 5.26 Å². The third kappa shape index (κ3) is 1.62. The van der Waals surface area contributed by atoms with Crippen LogP contribution in [-0.4, -0.2) is 4.98 Å². The predicted molar refractivity (Wildman–Crippen MR) is 53.2 cm³/mol. The highest BCUT2D eigenvalue weighted by Gasteiger charge is 1.97. The molecule has 0 aliphatic rings. The lowest BCUT2D eigenvalue weighted by atomic mass is 10.1. The summed E-state index contributed by atoms with van der Waals surface area (Å²) in [5.74, 6) is 0. The van der Waals surface area contributed by atoms with Gasteiger partial charge >= 0.3 is 0 Å². The van der Waals surface area contributed by atoms with E-state index < -0.39 is 0 Å². The van der Waals surface area contributed by atoms with Gasteiger partial charge in [0.2, 0.25) is 0 Å². The first-order chi connectivity index (χ1) is 6.90. The third-order valence-electron chi connectivity index (χ3n) is 1.92. The van der Waals surface area contributed by atoms with Gasteiger partial charge in [0.25, 0.3) is 0 Å². The Morgan fingerprint density at radius 3 is 2.50 bits per heavy atom. The van der Waals surface area contributed by atoms with Crippen molar-refractivity contribution in [1.29, 1.82) is 5.26 Å². The molecule has 0 bridgehead atoms. The van der Waals surface area contributed by atoms with Crippen molar-refractivity contribution in [1.82, 2.24) is 4.98 Å². The van der Waals surface area contributed by atoms with Crippen molar-refractivity contribution in [2.75, 3.05) is 0 Å². The van der Waals surface area contributed by atoms with Gasteiger partial charge < -0.3 is 0 Å². The van der Waals surface area contributed by atoms with Crippen LogP contribution < -0.4 is 0 Å². The number of nitriles is 1. The van der Waals surface area contributed by atoms with Gasteiger partial charge in [-0.25, -0.2) is 4.98 Å². The molecule has 1 aromatic heterocycles. The van der Waals surface area contributed by atoms with Crippen molar-refractivity contribution in [2.45, 2.75) is 0 Å². The molecule has 2 rings (SSSR count). The Balaban J connectivity index is 2.40. The molecule has 1 heterocycles. The van der Waals surface area contributed by atoms with Crippen LogP contribution in [0.1, 0.15) is 5.56 Å². The molecule has 0 fully saturated rings. The molecule has 14 heavy (non-hydrogen) atoms. The second-order valence-electron chi connectivity index (χ2n) is 2.84. The fourth-order valence-corrected chi connectivity index (χ4v) is 1.20. The lowest BCUT2D eigenvalue weighted by Gasteiger charge is -1.98. The predicted octanol–water partition coefficient (Wildman–Crippen LogP) is 2.42. The van der Waals surface area contributed by atoms with Crippen LogP contribution in [0.15, 0.2) is 42.5 Å². The fourth-order valence-electron chi connectivity index (χ4n) is 1.20. The summed E-state index contributed by atoms with van der Waals surface area (Å²) in [6.07, 6.45) is 2.77. The third-order valence-corrected chi connectivity index (χ3v) is 1.92. The SMILES string of the molecule is N#Cc1ccc(-c2ccc[c]n2)cc1. The summed E-state index contributed by atoms with van der Waals surface area (Å²) in [7, 11) is 0. The first kappa shape index (κ1) is 8.46. The van der Waals surface area contributed by atoms with Gasteiger partial charge in [-0.1, -0.05) is 18.2 Å². The maximum absolute atomic E-state index is 8.63. The van der Waals surface area contributed by atoms with Crippen molar-refractivity contribution in [3.63, 3.8) is 0 Å². The Labute approximate surface area is 82.5 Å². The maximum atomic E-state index is 8.63. The zero-order chi connectivity index (χ0) is 9.80. The number of nitrogens with zero attached hydrogens (tertiary/aromatic N) is 2. The molecule has 1 aromatic carbocycles. The van der Waals surface area contributed by atoms with Crippen molar-refractivity contribution in [3.8, 4) is 17.3 Å². The Morgan fingerprint density at radius 2 is 1.93 bits per heavy atom. The summed E-state index contributed by atoms with van der Waals surface area (Å²) in [4.78, 5) is 4.10. The molecule has 0 aliphatic heterocycles. The van der Waals surface area contributed by atoms with E-state index in [1.54, 1.807) is 18.2 Å². The highest BCUT2D eigenvalue weighted by atomic mass is 14.7. The van der Waals surface area contributed by atoms with Crippen LogP contribution in [0, 0.1) is 17.5 Å². The molecule has 1 radical (unpaired) electrons. The minimum Gasteiger partial charge on any atom is -0.246 e. The summed E-state index contributed by atoms with van der Waals surface area (Å²) in [6.45, 7) is 0. The molecule has 0 aliphatic carbocycles. The van der Waals surface area contributed by atoms with Gasteiger partial charge in [0, 0.05) is 5.56 Å². The second-order valence-corrected chi connectivity index (χ2v) is 2.84. The fraction of sp³-hybridized carbons (Fsp3) is 0. The van der Waals surface area contributed by atoms with Crippen LogP contribution >= 0.6 is 0 Å². The van der Waals surface area contributed by atoms with E-state index in [4.69, 9.17) is 5.26 Å². The van der Waals surface area contributed by atoms with Crippen LogP contribution in [0.5, 0.6) is 0 Å². The summed E-state index contributed by atoms with van der Waals surface area (Å²) in [5.41, 5.74) is 2.53. The summed E-state index contributed by atoms with van der Waals surface area (Å²) in [6, 6.07) is 15.0. The molecule has 65 valence electrons. The smallest absolute Gasteiger partial charge is 0.0991 e. The largest absolute Gasteiger partial charge is 0.246 e. The monoisotopic (exact) mass is 179 g/mol. The molecule has 2 aromatic rings. The normalized spacial score (nSPS) is 9.36. The van der Waals surface area contributed by atoms with E-state index in [9.17, 15) is 0 Å². The van der Waals surface area contributed by atoms with E-state index in [0.29, 0.717) is 5.56 Å². The zero-order valence-corrected chi connectivity index (χ0v) is 7.44. The quantitative estimate of drug-likeness (QED) is 0.674. The van der Waals surface area contributed by atoms with E-state index in [1.807, 2.05) is 24.3 Å². The minimum absolute atomic E-state index is 0.661. The molecule has 2 nitrogen and oxygen atoms in total. The highest BCUT2D eigenvalue weighted by molar-refractivity contribution is 5.59. The summed E-state index contributed by atoms with van der Waals surface area (Å²) in [5, 5.41) is 8.63. The van der Waals surface area contributed by atoms with Crippen molar-refractivity contribution in [2.24, 2.45) is 0 Å². The number of hydrogen-bond donors (Lipinski definition) is 0. The van der Waals surface area contributed by atoms with Gasteiger partial charge in [0.15, 0.2) is 0 Å². The van der Waals surface area contributed by atoms with Crippen LogP contribution in [-0.2, 0) is 0 Å². The topological polar surface area (TPSA) is 36.7 Å². The summed E-state index contributed by atoms with van der Waals surface area (Å²) < 4.78 is 0. The molecule has 0 atom stereocenters. The number of pyridine rings is 1. The molecule has 2 heteroatoms. The van der Waals surface area contributed by atoms with Crippen LogP contribution in [0.2, 0.25) is 0 Å². The highest BCUT2D eigenvalue weighted by Crippen LogP contribution is 2.15. The van der Waals surface area contributed by atoms with Gasteiger partial charge in [0.1, 0.15) is 0 Å².